The molecule has 134 valence electrons. The Kier molecular flexibility index (Phi) is 6.50. The Morgan fingerprint density at radius 3 is 2.68 bits per heavy atom. The minimum absolute atomic E-state index is 0.230. The Hall–Kier alpha value is -1.82. The summed E-state index contributed by atoms with van der Waals surface area (Å²) in [5.74, 6) is 1.49. The lowest BCUT2D eigenvalue weighted by molar-refractivity contribution is 0.0998. The number of likely N-dealkylation sites (tertiary alicyclic amines) is 1. The zero-order chi connectivity index (χ0) is 17.5. The third-order valence-electron chi connectivity index (χ3n) is 4.71. The topological polar surface area (TPSA) is 61.3 Å². The van der Waals surface area contributed by atoms with Gasteiger partial charge in [-0.05, 0) is 51.4 Å². The van der Waals surface area contributed by atoms with Crippen LogP contribution in [-0.2, 0) is 6.54 Å². The number of β-amino-alcohol motifs (C(OH)–C–C–N with tert-alkyl or cyclic N) is 1. The van der Waals surface area contributed by atoms with Crippen molar-refractivity contribution in [1.82, 2.24) is 20.2 Å². The van der Waals surface area contributed by atoms with Gasteiger partial charge in [-0.3, -0.25) is 0 Å². The first-order chi connectivity index (χ1) is 12.2. The van der Waals surface area contributed by atoms with E-state index < -0.39 is 0 Å². The first-order valence-corrected chi connectivity index (χ1v) is 9.19. The van der Waals surface area contributed by atoms with E-state index in [1.165, 1.54) is 12.8 Å². The molecule has 1 fully saturated rings. The quantitative estimate of drug-likeness (QED) is 0.810. The monoisotopic (exact) mass is 340 g/mol. The molecule has 2 aromatic rings. The largest absolute Gasteiger partial charge is 0.392 e. The molecule has 5 nitrogen and oxygen atoms in total. The van der Waals surface area contributed by atoms with Crippen molar-refractivity contribution in [2.45, 2.75) is 32.4 Å². The fourth-order valence-electron chi connectivity index (χ4n) is 3.37. The third-order valence-corrected chi connectivity index (χ3v) is 4.71. The summed E-state index contributed by atoms with van der Waals surface area (Å²) in [5.41, 5.74) is 2.08. The van der Waals surface area contributed by atoms with Crippen LogP contribution in [0, 0.1) is 5.92 Å². The minimum Gasteiger partial charge on any atom is -0.392 e. The van der Waals surface area contributed by atoms with E-state index in [9.17, 15) is 5.11 Å². The number of nitrogens with one attached hydrogen (secondary N) is 1. The Morgan fingerprint density at radius 2 is 1.96 bits per heavy atom. The lowest BCUT2D eigenvalue weighted by Crippen LogP contribution is -2.40. The van der Waals surface area contributed by atoms with Gasteiger partial charge in [0, 0.05) is 24.8 Å². The van der Waals surface area contributed by atoms with Crippen LogP contribution in [0.25, 0.3) is 11.4 Å². The lowest BCUT2D eigenvalue weighted by Gasteiger charge is -2.32. The molecule has 3 rings (SSSR count). The van der Waals surface area contributed by atoms with Gasteiger partial charge in [-0.15, -0.1) is 0 Å². The third kappa shape index (κ3) is 5.59. The van der Waals surface area contributed by atoms with Gasteiger partial charge in [0.25, 0.3) is 0 Å². The van der Waals surface area contributed by atoms with Crippen molar-refractivity contribution < 1.29 is 5.11 Å². The van der Waals surface area contributed by atoms with Crippen LogP contribution in [0.2, 0.25) is 0 Å². The molecule has 5 heteroatoms. The van der Waals surface area contributed by atoms with Gasteiger partial charge in [-0.25, -0.2) is 9.97 Å². The van der Waals surface area contributed by atoms with E-state index in [4.69, 9.17) is 0 Å². The summed E-state index contributed by atoms with van der Waals surface area (Å²) in [6.45, 7) is 6.62. The van der Waals surface area contributed by atoms with E-state index in [1.54, 1.807) is 0 Å². The molecule has 0 unspecified atom stereocenters. The lowest BCUT2D eigenvalue weighted by atomic mass is 9.96. The number of hydrogen-bond donors (Lipinski definition) is 2. The maximum Gasteiger partial charge on any atom is 0.159 e. The number of benzene rings is 1. The van der Waals surface area contributed by atoms with Crippen molar-refractivity contribution in [1.29, 1.82) is 0 Å². The number of nitrogens with zero attached hydrogens (tertiary/aromatic N) is 3. The molecule has 0 spiro atoms. The van der Waals surface area contributed by atoms with Crippen LogP contribution in [0.4, 0.5) is 0 Å². The van der Waals surface area contributed by atoms with Gasteiger partial charge in [-0.2, -0.15) is 0 Å². The molecule has 0 saturated carbocycles. The number of aliphatic hydroxyl groups excluding tert-OH is 1. The number of rotatable bonds is 7. The van der Waals surface area contributed by atoms with Crippen molar-refractivity contribution in [2.75, 3.05) is 26.2 Å². The maximum absolute atomic E-state index is 9.48. The Morgan fingerprint density at radius 1 is 1.20 bits per heavy atom. The van der Waals surface area contributed by atoms with E-state index in [0.29, 0.717) is 5.92 Å². The average Bonchev–Trinajstić information content (AvgIpc) is 2.64. The van der Waals surface area contributed by atoms with Crippen LogP contribution >= 0.6 is 0 Å². The van der Waals surface area contributed by atoms with E-state index in [-0.39, 0.29) is 6.10 Å². The first-order valence-electron chi connectivity index (χ1n) is 9.19. The molecule has 2 N–H and O–H groups in total. The summed E-state index contributed by atoms with van der Waals surface area (Å²) in [6.07, 6.45) is 3.99. The standard InChI is InChI=1S/C20H28N4O/c1-16(25)15-24-11-8-17(9-12-24)13-21-14-19-7-10-22-20(23-19)18-5-3-2-4-6-18/h2-7,10,16-17,21,25H,8-9,11-15H2,1H3/t16-/m1/s1. The highest BCUT2D eigenvalue weighted by molar-refractivity contribution is 5.54. The predicted octanol–water partition coefficient (Wildman–Crippen LogP) is 2.33. The molecule has 1 aliphatic rings. The van der Waals surface area contributed by atoms with Crippen molar-refractivity contribution in [3.63, 3.8) is 0 Å². The highest BCUT2D eigenvalue weighted by Crippen LogP contribution is 2.17. The molecule has 0 amide bonds. The second-order valence-corrected chi connectivity index (χ2v) is 6.96. The molecule has 1 aliphatic heterocycles. The average molecular weight is 340 g/mol. The van der Waals surface area contributed by atoms with Crippen LogP contribution in [0.1, 0.15) is 25.5 Å². The normalized spacial score (nSPS) is 17.5. The fourth-order valence-corrected chi connectivity index (χ4v) is 3.37. The van der Waals surface area contributed by atoms with Crippen LogP contribution in [0.3, 0.4) is 0 Å². The Balaban J connectivity index is 1.44. The number of piperidine rings is 1. The van der Waals surface area contributed by atoms with Crippen LogP contribution in [-0.4, -0.2) is 52.3 Å². The van der Waals surface area contributed by atoms with E-state index >= 15 is 0 Å². The number of aliphatic hydroxyl groups is 1. The fraction of sp³-hybridized carbons (Fsp3) is 0.500. The summed E-state index contributed by atoms with van der Waals surface area (Å²) < 4.78 is 0. The van der Waals surface area contributed by atoms with Gasteiger partial charge in [0.1, 0.15) is 0 Å². The van der Waals surface area contributed by atoms with Gasteiger partial charge in [-0.1, -0.05) is 30.3 Å². The molecule has 1 atom stereocenters. The summed E-state index contributed by atoms with van der Waals surface area (Å²) in [6, 6.07) is 12.1. The zero-order valence-corrected chi connectivity index (χ0v) is 14.9. The molecular weight excluding hydrogens is 312 g/mol. The molecule has 2 heterocycles. The molecule has 25 heavy (non-hydrogen) atoms. The summed E-state index contributed by atoms with van der Waals surface area (Å²) in [5, 5.41) is 13.0. The summed E-state index contributed by atoms with van der Waals surface area (Å²) in [7, 11) is 0. The van der Waals surface area contributed by atoms with E-state index in [1.807, 2.05) is 49.5 Å². The van der Waals surface area contributed by atoms with Gasteiger partial charge in [0.2, 0.25) is 0 Å². The SMILES string of the molecule is C[C@@H](O)CN1CCC(CNCc2ccnc(-c3ccccc3)n2)CC1. The zero-order valence-electron chi connectivity index (χ0n) is 14.9. The Labute approximate surface area is 150 Å². The number of aromatic nitrogens is 2. The summed E-state index contributed by atoms with van der Waals surface area (Å²) >= 11 is 0. The second kappa shape index (κ2) is 9.04. The van der Waals surface area contributed by atoms with Crippen molar-refractivity contribution >= 4 is 0 Å². The molecular formula is C20H28N4O. The van der Waals surface area contributed by atoms with Crippen LogP contribution < -0.4 is 5.32 Å². The second-order valence-electron chi connectivity index (χ2n) is 6.96. The highest BCUT2D eigenvalue weighted by Gasteiger charge is 2.19. The van der Waals surface area contributed by atoms with Crippen LogP contribution in [0.5, 0.6) is 0 Å². The first kappa shape index (κ1) is 18.0. The molecule has 0 bridgehead atoms. The van der Waals surface area contributed by atoms with E-state index in [0.717, 1.165) is 49.8 Å². The van der Waals surface area contributed by atoms with Gasteiger partial charge in [0.15, 0.2) is 5.82 Å². The molecule has 0 radical (unpaired) electrons. The predicted molar refractivity (Wildman–Crippen MR) is 100 cm³/mol. The van der Waals surface area contributed by atoms with Crippen molar-refractivity contribution in [2.24, 2.45) is 5.92 Å². The molecule has 0 aliphatic carbocycles. The molecule has 1 saturated heterocycles. The van der Waals surface area contributed by atoms with Gasteiger partial charge >= 0.3 is 0 Å². The van der Waals surface area contributed by atoms with Gasteiger partial charge < -0.3 is 15.3 Å². The highest BCUT2D eigenvalue weighted by atomic mass is 16.3. The Bertz CT molecular complexity index is 639. The molecule has 1 aromatic heterocycles. The van der Waals surface area contributed by atoms with Crippen molar-refractivity contribution in [3.05, 3.63) is 48.3 Å². The number of hydrogen-bond acceptors (Lipinski definition) is 5. The smallest absolute Gasteiger partial charge is 0.159 e. The van der Waals surface area contributed by atoms with Crippen LogP contribution in [0.15, 0.2) is 42.6 Å². The van der Waals surface area contributed by atoms with Gasteiger partial charge in [0.05, 0.1) is 11.8 Å². The minimum atomic E-state index is -0.230. The summed E-state index contributed by atoms with van der Waals surface area (Å²) in [4.78, 5) is 11.4. The molecule has 1 aromatic carbocycles. The maximum atomic E-state index is 9.48. The van der Waals surface area contributed by atoms with E-state index in [2.05, 4.69) is 20.2 Å². The van der Waals surface area contributed by atoms with Crippen molar-refractivity contribution in [3.8, 4) is 11.4 Å².